The van der Waals surface area contributed by atoms with Crippen LogP contribution in [0.5, 0.6) is 0 Å². The molecular formula is C23H15N3O4. The molecule has 4 aromatic rings. The van der Waals surface area contributed by atoms with E-state index in [0.29, 0.717) is 28.9 Å². The number of non-ortho nitro benzene ring substituents is 1. The third-order valence-electron chi connectivity index (χ3n) is 5.32. The Morgan fingerprint density at radius 3 is 2.47 bits per heavy atom. The smallest absolute Gasteiger partial charge is 0.281 e. The molecule has 146 valence electrons. The Balaban J connectivity index is 1.83. The first kappa shape index (κ1) is 17.8. The van der Waals surface area contributed by atoms with E-state index in [0.717, 1.165) is 16.6 Å². The highest BCUT2D eigenvalue weighted by Gasteiger charge is 2.27. The number of aliphatic hydroxyl groups is 1. The molecule has 0 radical (unpaired) electrons. The summed E-state index contributed by atoms with van der Waals surface area (Å²) in [6.45, 7) is 0.510. The molecule has 0 saturated carbocycles. The van der Waals surface area contributed by atoms with Gasteiger partial charge in [0, 0.05) is 17.7 Å². The van der Waals surface area contributed by atoms with E-state index < -0.39 is 4.92 Å². The molecule has 7 heteroatoms. The van der Waals surface area contributed by atoms with Crippen LogP contribution >= 0.6 is 0 Å². The lowest BCUT2D eigenvalue weighted by atomic mass is 9.92. The van der Waals surface area contributed by atoms with Crippen molar-refractivity contribution in [2.75, 3.05) is 0 Å². The maximum absolute atomic E-state index is 12.7. The Labute approximate surface area is 170 Å². The fraction of sp³-hybridized carbons (Fsp3) is 0.0435. The first-order chi connectivity index (χ1) is 14.5. The molecule has 2 heterocycles. The van der Waals surface area contributed by atoms with Gasteiger partial charge in [0.1, 0.15) is 11.6 Å². The van der Waals surface area contributed by atoms with Crippen molar-refractivity contribution in [3.8, 4) is 0 Å². The molecule has 30 heavy (non-hydrogen) atoms. The van der Waals surface area contributed by atoms with Gasteiger partial charge in [0.15, 0.2) is 0 Å². The zero-order valence-corrected chi connectivity index (χ0v) is 15.6. The van der Waals surface area contributed by atoms with Crippen LogP contribution in [0.1, 0.15) is 22.5 Å². The van der Waals surface area contributed by atoms with Crippen LogP contribution in [0.4, 0.5) is 5.69 Å². The molecule has 1 aliphatic heterocycles. The summed E-state index contributed by atoms with van der Waals surface area (Å²) < 4.78 is 1.91. The fourth-order valence-electron chi connectivity index (χ4n) is 3.88. The summed E-state index contributed by atoms with van der Waals surface area (Å²) in [4.78, 5) is 27.4. The van der Waals surface area contributed by atoms with Gasteiger partial charge in [-0.1, -0.05) is 36.4 Å². The van der Waals surface area contributed by atoms with Gasteiger partial charge < -0.3 is 9.67 Å². The number of fused-ring (bicyclic) bond motifs is 4. The molecule has 0 amide bonds. The number of aliphatic hydroxyl groups excluding tert-OH is 1. The molecule has 7 nitrogen and oxygen atoms in total. The average molecular weight is 397 g/mol. The molecule has 1 aliphatic rings. The molecule has 0 spiro atoms. The molecule has 3 aromatic carbocycles. The third-order valence-corrected chi connectivity index (χ3v) is 5.32. The van der Waals surface area contributed by atoms with Gasteiger partial charge in [-0.2, -0.15) is 4.98 Å². The largest absolute Gasteiger partial charge is 0.507 e. The number of aromatic nitrogens is 2. The summed E-state index contributed by atoms with van der Waals surface area (Å²) in [5.41, 5.74) is 2.87. The summed E-state index contributed by atoms with van der Waals surface area (Å²) in [7, 11) is 0. The molecule has 0 unspecified atom stereocenters. The van der Waals surface area contributed by atoms with E-state index >= 15 is 0 Å². The molecule has 0 atom stereocenters. The number of nitro benzene ring substituents is 1. The highest BCUT2D eigenvalue weighted by Crippen LogP contribution is 2.37. The Hall–Kier alpha value is -4.26. The van der Waals surface area contributed by atoms with Crippen LogP contribution in [0.2, 0.25) is 0 Å². The summed E-state index contributed by atoms with van der Waals surface area (Å²) in [6.07, 6.45) is 0. The van der Waals surface area contributed by atoms with E-state index in [2.05, 4.69) is 4.98 Å². The predicted octanol–water partition coefficient (Wildman–Crippen LogP) is 4.14. The maximum atomic E-state index is 12.7. The summed E-state index contributed by atoms with van der Waals surface area (Å²) in [5, 5.41) is 22.7. The van der Waals surface area contributed by atoms with E-state index in [9.17, 15) is 20.0 Å². The van der Waals surface area contributed by atoms with Crippen molar-refractivity contribution in [3.63, 3.8) is 0 Å². The molecule has 0 bridgehead atoms. The standard InChI is InChI=1S/C23H15N3O4/c27-21(14-9-11-16(12-10-14)26(29)30)20-17-6-2-1-5-15(17)13-25-19-8-4-3-7-18(19)23(28)24-22(20)25/h1-12,27H,13H2/b21-20-. The first-order valence-corrected chi connectivity index (χ1v) is 9.31. The Morgan fingerprint density at radius 2 is 1.70 bits per heavy atom. The number of hydrogen-bond acceptors (Lipinski definition) is 5. The Bertz CT molecular complexity index is 1420. The van der Waals surface area contributed by atoms with Crippen LogP contribution in [0, 0.1) is 10.1 Å². The van der Waals surface area contributed by atoms with Crippen molar-refractivity contribution in [1.82, 2.24) is 9.55 Å². The first-order valence-electron chi connectivity index (χ1n) is 9.31. The molecule has 1 N–H and O–H groups in total. The van der Waals surface area contributed by atoms with Gasteiger partial charge in [0.05, 0.1) is 27.9 Å². The van der Waals surface area contributed by atoms with E-state index in [4.69, 9.17) is 0 Å². The Kier molecular flexibility index (Phi) is 3.96. The van der Waals surface area contributed by atoms with Crippen LogP contribution in [-0.2, 0) is 6.54 Å². The van der Waals surface area contributed by atoms with Gasteiger partial charge in [-0.3, -0.25) is 14.9 Å². The quantitative estimate of drug-likeness (QED) is 0.274. The minimum atomic E-state index is -0.494. The van der Waals surface area contributed by atoms with Gasteiger partial charge in [-0.15, -0.1) is 0 Å². The van der Waals surface area contributed by atoms with Crippen LogP contribution in [-0.4, -0.2) is 19.6 Å². The number of rotatable bonds is 2. The molecule has 0 aliphatic carbocycles. The lowest BCUT2D eigenvalue weighted by Gasteiger charge is -2.26. The van der Waals surface area contributed by atoms with Crippen molar-refractivity contribution < 1.29 is 10.0 Å². The predicted molar refractivity (Wildman–Crippen MR) is 113 cm³/mol. The van der Waals surface area contributed by atoms with Gasteiger partial charge >= 0.3 is 0 Å². The highest BCUT2D eigenvalue weighted by molar-refractivity contribution is 5.97. The van der Waals surface area contributed by atoms with Crippen molar-refractivity contribution in [3.05, 3.63) is 116 Å². The van der Waals surface area contributed by atoms with E-state index in [1.165, 1.54) is 24.3 Å². The summed E-state index contributed by atoms with van der Waals surface area (Å²) in [5.74, 6) is 0.279. The fourth-order valence-corrected chi connectivity index (χ4v) is 3.88. The monoisotopic (exact) mass is 397 g/mol. The van der Waals surface area contributed by atoms with Crippen LogP contribution in [0.3, 0.4) is 0 Å². The minimum Gasteiger partial charge on any atom is -0.507 e. The van der Waals surface area contributed by atoms with Crippen molar-refractivity contribution >= 4 is 27.9 Å². The SMILES string of the molecule is O=c1nc2n(c3ccccc13)Cc1ccccc1/C2=C(/O)c1ccc([N+](=O)[O-])cc1. The lowest BCUT2D eigenvalue weighted by Crippen LogP contribution is -2.24. The number of benzene rings is 3. The molecule has 0 fully saturated rings. The lowest BCUT2D eigenvalue weighted by molar-refractivity contribution is -0.384. The molecule has 5 rings (SSSR count). The summed E-state index contributed by atoms with van der Waals surface area (Å²) >= 11 is 0. The van der Waals surface area contributed by atoms with E-state index in [1.54, 1.807) is 12.1 Å². The van der Waals surface area contributed by atoms with Crippen molar-refractivity contribution in [2.24, 2.45) is 0 Å². The Morgan fingerprint density at radius 1 is 1.00 bits per heavy atom. The number of para-hydroxylation sites is 1. The van der Waals surface area contributed by atoms with Gasteiger partial charge in [0.2, 0.25) is 0 Å². The highest BCUT2D eigenvalue weighted by atomic mass is 16.6. The van der Waals surface area contributed by atoms with Crippen molar-refractivity contribution in [1.29, 1.82) is 0 Å². The van der Waals surface area contributed by atoms with E-state index in [1.807, 2.05) is 41.0 Å². The zero-order valence-electron chi connectivity index (χ0n) is 15.6. The summed E-state index contributed by atoms with van der Waals surface area (Å²) in [6, 6.07) is 20.5. The van der Waals surface area contributed by atoms with Crippen molar-refractivity contribution in [2.45, 2.75) is 6.54 Å². The zero-order chi connectivity index (χ0) is 20.8. The number of nitrogens with zero attached hydrogens (tertiary/aromatic N) is 3. The molecular weight excluding hydrogens is 382 g/mol. The van der Waals surface area contributed by atoms with Gasteiger partial charge in [-0.05, 0) is 35.4 Å². The molecule has 0 saturated heterocycles. The van der Waals surface area contributed by atoms with E-state index in [-0.39, 0.29) is 17.0 Å². The third kappa shape index (κ3) is 2.68. The van der Waals surface area contributed by atoms with Crippen LogP contribution in [0.25, 0.3) is 22.2 Å². The topological polar surface area (TPSA) is 98.3 Å². The van der Waals surface area contributed by atoms with Gasteiger partial charge in [0.25, 0.3) is 11.2 Å². The normalized spacial score (nSPS) is 14.1. The van der Waals surface area contributed by atoms with Crippen LogP contribution in [0.15, 0.2) is 77.6 Å². The second-order valence-corrected chi connectivity index (χ2v) is 7.03. The number of hydrogen-bond donors (Lipinski definition) is 1. The average Bonchev–Trinajstić information content (AvgIpc) is 2.78. The number of nitro groups is 1. The second-order valence-electron chi connectivity index (χ2n) is 7.03. The van der Waals surface area contributed by atoms with Crippen LogP contribution < -0.4 is 5.56 Å². The second kappa shape index (κ2) is 6.66. The minimum absolute atomic E-state index is 0.0682. The molecule has 1 aromatic heterocycles. The maximum Gasteiger partial charge on any atom is 0.281 e. The van der Waals surface area contributed by atoms with Gasteiger partial charge in [-0.25, -0.2) is 0 Å².